The maximum Gasteiger partial charge on any atom is 0.279 e. The van der Waals surface area contributed by atoms with Crippen LogP contribution in [-0.2, 0) is 11.3 Å². The Hall–Kier alpha value is -2.03. The van der Waals surface area contributed by atoms with Crippen molar-refractivity contribution in [2.75, 3.05) is 18.9 Å². The minimum atomic E-state index is -0.0956. The van der Waals surface area contributed by atoms with Gasteiger partial charge in [-0.15, -0.1) is 11.3 Å². The van der Waals surface area contributed by atoms with Gasteiger partial charge in [0.2, 0.25) is 0 Å². The molecule has 1 amide bonds. The van der Waals surface area contributed by atoms with Gasteiger partial charge in [-0.05, 0) is 28.1 Å². The Bertz CT molecular complexity index is 937. The molecule has 3 rings (SSSR count). The van der Waals surface area contributed by atoms with Crippen LogP contribution in [0.25, 0.3) is 4.96 Å². The van der Waals surface area contributed by atoms with Crippen LogP contribution in [0, 0.1) is 0 Å². The van der Waals surface area contributed by atoms with Crippen molar-refractivity contribution in [1.29, 1.82) is 0 Å². The molecule has 24 heavy (non-hydrogen) atoms. The van der Waals surface area contributed by atoms with Crippen molar-refractivity contribution in [2.45, 2.75) is 6.54 Å². The van der Waals surface area contributed by atoms with Crippen LogP contribution < -0.4 is 15.8 Å². The van der Waals surface area contributed by atoms with Crippen LogP contribution in [0.15, 0.2) is 51.2 Å². The van der Waals surface area contributed by atoms with E-state index in [1.807, 2.05) is 36.7 Å². The molecular formula is C16H16BrN4O2S+. The Kier molecular flexibility index (Phi) is 5.08. The number of fused-ring (bicyclic) bond motifs is 1. The van der Waals surface area contributed by atoms with Gasteiger partial charge in [0, 0.05) is 22.1 Å². The molecule has 2 heterocycles. The lowest BCUT2D eigenvalue weighted by atomic mass is 10.3. The molecule has 3 aromatic rings. The Labute approximate surface area is 150 Å². The fourth-order valence-corrected chi connectivity index (χ4v) is 3.50. The lowest BCUT2D eigenvalue weighted by molar-refractivity contribution is -0.885. The fraction of sp³-hybridized carbons (Fsp3) is 0.188. The van der Waals surface area contributed by atoms with Gasteiger partial charge >= 0.3 is 0 Å². The van der Waals surface area contributed by atoms with Crippen LogP contribution in [0.3, 0.4) is 0 Å². The van der Waals surface area contributed by atoms with Gasteiger partial charge in [-0.2, -0.15) is 0 Å². The summed E-state index contributed by atoms with van der Waals surface area (Å²) in [6.07, 6.45) is 1.71. The first kappa shape index (κ1) is 16.8. The number of likely N-dealkylation sites (N-methyl/N-ethyl adjacent to an activating group) is 1. The van der Waals surface area contributed by atoms with Gasteiger partial charge in [-0.3, -0.25) is 14.0 Å². The molecule has 124 valence electrons. The highest BCUT2D eigenvalue weighted by molar-refractivity contribution is 9.10. The number of hydrogen-bond acceptors (Lipinski definition) is 4. The Morgan fingerprint density at radius 2 is 2.21 bits per heavy atom. The third-order valence-electron chi connectivity index (χ3n) is 3.45. The third kappa shape index (κ3) is 3.89. The normalized spacial score (nSPS) is 12.2. The highest BCUT2D eigenvalue weighted by Crippen LogP contribution is 2.20. The largest absolute Gasteiger partial charge is 0.325 e. The summed E-state index contributed by atoms with van der Waals surface area (Å²) in [5.74, 6) is -0.0895. The van der Waals surface area contributed by atoms with Crippen LogP contribution in [0.1, 0.15) is 5.69 Å². The summed E-state index contributed by atoms with van der Waals surface area (Å²) in [5.41, 5.74) is 1.34. The first-order chi connectivity index (χ1) is 11.5. The summed E-state index contributed by atoms with van der Waals surface area (Å²) >= 11 is 4.82. The van der Waals surface area contributed by atoms with Crippen LogP contribution in [0.5, 0.6) is 0 Å². The topological polar surface area (TPSA) is 67.9 Å². The highest BCUT2D eigenvalue weighted by atomic mass is 79.9. The summed E-state index contributed by atoms with van der Waals surface area (Å²) in [6, 6.07) is 8.99. The maximum absolute atomic E-state index is 12.2. The predicted octanol–water partition coefficient (Wildman–Crippen LogP) is 1.17. The minimum absolute atomic E-state index is 0.0895. The van der Waals surface area contributed by atoms with Crippen molar-refractivity contribution in [3.05, 3.63) is 62.4 Å². The highest BCUT2D eigenvalue weighted by Gasteiger charge is 2.14. The number of nitrogens with one attached hydrogen (secondary N) is 2. The molecule has 6 nitrogen and oxygen atoms in total. The molecule has 1 aromatic carbocycles. The first-order valence-electron chi connectivity index (χ1n) is 7.34. The molecule has 1 unspecified atom stereocenters. The summed E-state index contributed by atoms with van der Waals surface area (Å²) in [6.45, 7) is 0.792. The summed E-state index contributed by atoms with van der Waals surface area (Å²) in [4.78, 5) is 30.2. The zero-order valence-electron chi connectivity index (χ0n) is 13.0. The van der Waals surface area contributed by atoms with Crippen molar-refractivity contribution in [3.8, 4) is 0 Å². The molecule has 1 atom stereocenters. The number of quaternary nitrogens is 1. The molecule has 0 aliphatic rings. The van der Waals surface area contributed by atoms with E-state index < -0.39 is 0 Å². The molecular weight excluding hydrogens is 392 g/mol. The SMILES string of the molecule is C[NH+](CC(=O)Nc1ccccc1Br)Cc1cc(=O)n2ccsc2n1. The fourth-order valence-electron chi connectivity index (χ4n) is 2.38. The molecule has 0 saturated heterocycles. The van der Waals surface area contributed by atoms with E-state index >= 15 is 0 Å². The lowest BCUT2D eigenvalue weighted by Crippen LogP contribution is -3.08. The summed E-state index contributed by atoms with van der Waals surface area (Å²) in [7, 11) is 1.90. The summed E-state index contributed by atoms with van der Waals surface area (Å²) < 4.78 is 2.36. The number of carbonyl (C=O) groups is 1. The van der Waals surface area contributed by atoms with Crippen molar-refractivity contribution in [3.63, 3.8) is 0 Å². The first-order valence-corrected chi connectivity index (χ1v) is 9.01. The van der Waals surface area contributed by atoms with E-state index in [9.17, 15) is 9.59 Å². The van der Waals surface area contributed by atoms with Crippen molar-refractivity contribution >= 4 is 43.8 Å². The van der Waals surface area contributed by atoms with E-state index in [0.717, 1.165) is 15.1 Å². The molecule has 0 spiro atoms. The van der Waals surface area contributed by atoms with E-state index in [0.29, 0.717) is 17.2 Å². The van der Waals surface area contributed by atoms with Gasteiger partial charge in [0.1, 0.15) is 12.2 Å². The molecule has 0 aliphatic heterocycles. The average molecular weight is 408 g/mol. The molecule has 2 aromatic heterocycles. The van der Waals surface area contributed by atoms with Gasteiger partial charge in [0.05, 0.1) is 12.7 Å². The molecule has 2 N–H and O–H groups in total. The predicted molar refractivity (Wildman–Crippen MR) is 97.6 cm³/mol. The van der Waals surface area contributed by atoms with E-state index in [-0.39, 0.29) is 18.0 Å². The number of carbonyl (C=O) groups excluding carboxylic acids is 1. The van der Waals surface area contributed by atoms with Gasteiger partial charge in [0.25, 0.3) is 11.5 Å². The number of hydrogen-bond donors (Lipinski definition) is 2. The third-order valence-corrected chi connectivity index (χ3v) is 4.90. The minimum Gasteiger partial charge on any atom is -0.325 e. The number of nitrogens with zero attached hydrogens (tertiary/aromatic N) is 2. The van der Waals surface area contributed by atoms with Crippen molar-refractivity contribution < 1.29 is 9.69 Å². The van der Waals surface area contributed by atoms with E-state index in [1.165, 1.54) is 21.8 Å². The van der Waals surface area contributed by atoms with E-state index in [2.05, 4.69) is 26.2 Å². The summed E-state index contributed by atoms with van der Waals surface area (Å²) in [5, 5.41) is 4.70. The molecule has 0 aliphatic carbocycles. The number of benzene rings is 1. The van der Waals surface area contributed by atoms with Gasteiger partial charge < -0.3 is 10.2 Å². The van der Waals surface area contributed by atoms with E-state index in [4.69, 9.17) is 0 Å². The second kappa shape index (κ2) is 7.25. The van der Waals surface area contributed by atoms with Crippen LogP contribution >= 0.6 is 27.3 Å². The van der Waals surface area contributed by atoms with E-state index in [1.54, 1.807) is 6.20 Å². The van der Waals surface area contributed by atoms with Gasteiger partial charge in [0.15, 0.2) is 11.5 Å². The molecule has 8 heteroatoms. The van der Waals surface area contributed by atoms with Crippen molar-refractivity contribution in [2.24, 2.45) is 0 Å². The van der Waals surface area contributed by atoms with Crippen LogP contribution in [0.4, 0.5) is 5.69 Å². The Balaban J connectivity index is 1.64. The number of anilines is 1. The number of para-hydroxylation sites is 1. The van der Waals surface area contributed by atoms with Gasteiger partial charge in [-0.1, -0.05) is 12.1 Å². The van der Waals surface area contributed by atoms with Crippen molar-refractivity contribution in [1.82, 2.24) is 9.38 Å². The number of halogens is 1. The average Bonchev–Trinajstić information content (AvgIpc) is 2.98. The van der Waals surface area contributed by atoms with Gasteiger partial charge in [-0.25, -0.2) is 4.98 Å². The number of aromatic nitrogens is 2. The van der Waals surface area contributed by atoms with Crippen LogP contribution in [-0.4, -0.2) is 28.9 Å². The molecule has 0 fully saturated rings. The zero-order valence-corrected chi connectivity index (χ0v) is 15.4. The Morgan fingerprint density at radius 1 is 1.42 bits per heavy atom. The maximum atomic E-state index is 12.2. The zero-order chi connectivity index (χ0) is 17.1. The quantitative estimate of drug-likeness (QED) is 0.666. The smallest absolute Gasteiger partial charge is 0.279 e. The lowest BCUT2D eigenvalue weighted by Gasteiger charge is -2.14. The second-order valence-corrected chi connectivity index (χ2v) is 7.21. The second-order valence-electron chi connectivity index (χ2n) is 5.48. The molecule has 0 saturated carbocycles. The monoisotopic (exact) mass is 407 g/mol. The number of rotatable bonds is 5. The molecule has 0 radical (unpaired) electrons. The number of amides is 1. The van der Waals surface area contributed by atoms with Crippen LogP contribution in [0.2, 0.25) is 0 Å². The number of thiazole rings is 1. The Morgan fingerprint density at radius 3 is 3.00 bits per heavy atom. The molecule has 0 bridgehead atoms. The standard InChI is InChI=1S/C16H15BrN4O2S/c1-20(10-14(22)19-13-5-3-2-4-12(13)17)9-11-8-15(23)21-6-7-24-16(21)18-11/h2-8H,9-10H2,1H3,(H,19,22)/p+1.